The largest absolute Gasteiger partial charge is 0.462 e. The maximum absolute atomic E-state index is 13.2. The lowest BCUT2D eigenvalue weighted by Crippen LogP contribution is -2.46. The van der Waals surface area contributed by atoms with Gasteiger partial charge in [-0.05, 0) is 89.9 Å². The Bertz CT molecular complexity index is 1040. The number of esters is 1. The fourth-order valence-electron chi connectivity index (χ4n) is 7.67. The highest BCUT2D eigenvalue weighted by Gasteiger charge is 2.24. The van der Waals surface area contributed by atoms with Gasteiger partial charge in [-0.2, -0.15) is 0 Å². The summed E-state index contributed by atoms with van der Waals surface area (Å²) in [6.45, 7) is 6.43. The number of hydrogen-bond acceptors (Lipinski definition) is 5. The lowest BCUT2D eigenvalue weighted by molar-refractivity contribution is -0.151. The molecular weight excluding hydrogens is 743 g/mol. The number of nitrogens with one attached hydrogen (secondary N) is 1. The van der Waals surface area contributed by atoms with Crippen molar-refractivity contribution in [2.24, 2.45) is 0 Å². The Morgan fingerprint density at radius 2 is 0.850 bits per heavy atom. The number of aliphatic hydroxyl groups is 2. The summed E-state index contributed by atoms with van der Waals surface area (Å²) in [5, 5.41) is 23.7. The molecule has 0 aromatic heterocycles. The zero-order valence-electron chi connectivity index (χ0n) is 39.8. The van der Waals surface area contributed by atoms with Gasteiger partial charge in [-0.25, -0.2) is 0 Å². The first-order chi connectivity index (χ1) is 29.5. The van der Waals surface area contributed by atoms with Crippen LogP contribution in [0.4, 0.5) is 0 Å². The average molecular weight is 842 g/mol. The molecule has 0 rings (SSSR count). The van der Waals surface area contributed by atoms with Crippen LogP contribution >= 0.6 is 0 Å². The van der Waals surface area contributed by atoms with E-state index < -0.39 is 18.2 Å². The van der Waals surface area contributed by atoms with Crippen molar-refractivity contribution in [2.45, 2.75) is 277 Å². The highest BCUT2D eigenvalue weighted by Crippen LogP contribution is 2.17. The van der Waals surface area contributed by atoms with Crippen molar-refractivity contribution >= 4 is 11.9 Å². The van der Waals surface area contributed by atoms with Crippen molar-refractivity contribution in [1.82, 2.24) is 5.32 Å². The van der Waals surface area contributed by atoms with Crippen molar-refractivity contribution < 1.29 is 24.5 Å². The molecule has 3 atom stereocenters. The summed E-state index contributed by atoms with van der Waals surface area (Å²) < 4.78 is 5.91. The molecule has 0 aromatic rings. The number of aliphatic hydroxyl groups excluding tert-OH is 2. The lowest BCUT2D eigenvalue weighted by atomic mass is 10.0. The van der Waals surface area contributed by atoms with Crippen molar-refractivity contribution in [3.05, 3.63) is 48.6 Å². The van der Waals surface area contributed by atoms with Gasteiger partial charge in [0.05, 0.1) is 25.2 Å². The van der Waals surface area contributed by atoms with Crippen LogP contribution in [-0.2, 0) is 14.3 Å². The minimum Gasteiger partial charge on any atom is -0.462 e. The normalized spacial score (nSPS) is 13.6. The lowest BCUT2D eigenvalue weighted by Gasteiger charge is -2.24. The Hall–Kier alpha value is -2.18. The van der Waals surface area contributed by atoms with E-state index in [1.807, 2.05) is 0 Å². The molecule has 0 aliphatic rings. The van der Waals surface area contributed by atoms with Gasteiger partial charge in [-0.1, -0.05) is 204 Å². The van der Waals surface area contributed by atoms with Crippen LogP contribution in [0.25, 0.3) is 0 Å². The first kappa shape index (κ1) is 57.8. The predicted molar refractivity (Wildman–Crippen MR) is 259 cm³/mol. The van der Waals surface area contributed by atoms with Gasteiger partial charge in [0.2, 0.25) is 5.91 Å². The summed E-state index contributed by atoms with van der Waals surface area (Å²) in [6.07, 6.45) is 57.4. The van der Waals surface area contributed by atoms with Crippen molar-refractivity contribution in [2.75, 3.05) is 6.61 Å². The topological polar surface area (TPSA) is 95.9 Å². The molecule has 3 unspecified atom stereocenters. The molecule has 0 fully saturated rings. The number of rotatable bonds is 46. The summed E-state index contributed by atoms with van der Waals surface area (Å²) in [4.78, 5) is 26.1. The molecule has 0 aliphatic carbocycles. The Balaban J connectivity index is 4.65. The van der Waals surface area contributed by atoms with E-state index >= 15 is 0 Å². The molecule has 0 bridgehead atoms. The minimum atomic E-state index is -0.798. The second kappa shape index (κ2) is 47.9. The van der Waals surface area contributed by atoms with Gasteiger partial charge < -0.3 is 20.3 Å². The van der Waals surface area contributed by atoms with Crippen LogP contribution in [0.1, 0.15) is 258 Å². The smallest absolute Gasteiger partial charge is 0.306 e. The molecule has 0 aliphatic heterocycles. The van der Waals surface area contributed by atoms with Gasteiger partial charge in [0.25, 0.3) is 0 Å². The number of amides is 1. The monoisotopic (exact) mass is 842 g/mol. The fourth-order valence-corrected chi connectivity index (χ4v) is 7.67. The summed E-state index contributed by atoms with van der Waals surface area (Å²) in [7, 11) is 0. The molecule has 6 nitrogen and oxygen atoms in total. The number of hydrogen-bond donors (Lipinski definition) is 3. The molecular formula is C54H99NO5. The zero-order chi connectivity index (χ0) is 43.8. The summed E-state index contributed by atoms with van der Waals surface area (Å²) in [5.41, 5.74) is 0. The SMILES string of the molecule is CCCCC/C=C\C/C=C\C/C=C\CCCCC(CC(=O)NC(CO)C(O)CCCCCCCCCCCC)OC(=O)CCCCCCC/C=C/CCCCCCCCC. The van der Waals surface area contributed by atoms with E-state index in [4.69, 9.17) is 4.74 Å². The number of allylic oxidation sites excluding steroid dienone is 8. The second-order valence-corrected chi connectivity index (χ2v) is 17.6. The van der Waals surface area contributed by atoms with E-state index in [1.54, 1.807) is 0 Å². The Morgan fingerprint density at radius 1 is 0.483 bits per heavy atom. The molecule has 0 radical (unpaired) electrons. The van der Waals surface area contributed by atoms with E-state index in [1.165, 1.54) is 135 Å². The molecule has 60 heavy (non-hydrogen) atoms. The van der Waals surface area contributed by atoms with Crippen LogP contribution in [0, 0.1) is 0 Å². The molecule has 350 valence electrons. The van der Waals surface area contributed by atoms with Crippen molar-refractivity contribution in [3.63, 3.8) is 0 Å². The van der Waals surface area contributed by atoms with Gasteiger partial charge in [0.15, 0.2) is 0 Å². The fraction of sp³-hybridized carbons (Fsp3) is 0.815. The van der Waals surface area contributed by atoms with Gasteiger partial charge in [0.1, 0.15) is 6.10 Å². The molecule has 0 aromatic carbocycles. The van der Waals surface area contributed by atoms with Gasteiger partial charge in [0, 0.05) is 6.42 Å². The number of ether oxygens (including phenoxy) is 1. The molecule has 0 saturated heterocycles. The van der Waals surface area contributed by atoms with E-state index in [0.29, 0.717) is 19.3 Å². The molecule has 1 amide bonds. The van der Waals surface area contributed by atoms with Gasteiger partial charge in [-0.15, -0.1) is 0 Å². The second-order valence-electron chi connectivity index (χ2n) is 17.6. The molecule has 3 N–H and O–H groups in total. The maximum atomic E-state index is 13.2. The first-order valence-corrected chi connectivity index (χ1v) is 25.9. The third-order valence-corrected chi connectivity index (χ3v) is 11.6. The van der Waals surface area contributed by atoms with E-state index in [9.17, 15) is 19.8 Å². The van der Waals surface area contributed by atoms with Crippen LogP contribution in [0.5, 0.6) is 0 Å². The Labute approximate surface area is 372 Å². The zero-order valence-corrected chi connectivity index (χ0v) is 39.8. The maximum Gasteiger partial charge on any atom is 0.306 e. The molecule has 0 saturated carbocycles. The highest BCUT2D eigenvalue weighted by atomic mass is 16.5. The van der Waals surface area contributed by atoms with E-state index in [2.05, 4.69) is 74.7 Å². The standard InChI is InChI=1S/C54H99NO5/c1-4-7-10-13-16-19-22-24-26-28-30-32-35-38-41-44-47-54(59)60-50(45-42-39-36-33-31-29-27-25-23-20-17-14-11-8-5-2)48-53(58)55-51(49-56)52(57)46-43-40-37-34-21-18-15-12-9-6-3/h17,20,25-28,31,33,50-52,56-57H,4-16,18-19,21-24,29-30,32,34-49H2,1-3H3,(H,55,58)/b20-17-,27-25-,28-26+,33-31-. The van der Waals surface area contributed by atoms with Crippen LogP contribution in [0.3, 0.4) is 0 Å². The predicted octanol–water partition coefficient (Wildman–Crippen LogP) is 15.5. The van der Waals surface area contributed by atoms with Crippen LogP contribution < -0.4 is 5.32 Å². The van der Waals surface area contributed by atoms with Crippen LogP contribution in [-0.4, -0.2) is 46.9 Å². The third-order valence-electron chi connectivity index (χ3n) is 11.6. The van der Waals surface area contributed by atoms with E-state index in [0.717, 1.165) is 77.0 Å². The quantitative estimate of drug-likeness (QED) is 0.0322. The van der Waals surface area contributed by atoms with E-state index in [-0.39, 0.29) is 24.9 Å². The minimum absolute atomic E-state index is 0.0490. The molecule has 0 heterocycles. The average Bonchev–Trinajstić information content (AvgIpc) is 3.24. The van der Waals surface area contributed by atoms with Crippen LogP contribution in [0.2, 0.25) is 0 Å². The number of carbonyl (C=O) groups excluding carboxylic acids is 2. The summed E-state index contributed by atoms with van der Waals surface area (Å²) >= 11 is 0. The first-order valence-electron chi connectivity index (χ1n) is 25.9. The van der Waals surface area contributed by atoms with Crippen molar-refractivity contribution in [3.8, 4) is 0 Å². The highest BCUT2D eigenvalue weighted by molar-refractivity contribution is 5.77. The summed E-state index contributed by atoms with van der Waals surface area (Å²) in [6, 6.07) is -0.714. The Morgan fingerprint density at radius 3 is 1.35 bits per heavy atom. The molecule has 0 spiro atoms. The van der Waals surface area contributed by atoms with Crippen molar-refractivity contribution in [1.29, 1.82) is 0 Å². The van der Waals surface area contributed by atoms with Crippen LogP contribution in [0.15, 0.2) is 48.6 Å². The summed E-state index contributed by atoms with van der Waals surface area (Å²) in [5.74, 6) is -0.517. The third kappa shape index (κ3) is 42.5. The van der Waals surface area contributed by atoms with Gasteiger partial charge in [-0.3, -0.25) is 9.59 Å². The number of carbonyl (C=O) groups is 2. The number of unbranched alkanes of at least 4 members (excludes halogenated alkanes) is 26. The Kier molecular flexibility index (Phi) is 46.1. The van der Waals surface area contributed by atoms with Gasteiger partial charge >= 0.3 is 5.97 Å². The molecule has 6 heteroatoms.